The molecule has 1 fully saturated rings. The molecule has 26 heavy (non-hydrogen) atoms. The Morgan fingerprint density at radius 1 is 1.12 bits per heavy atom. The van der Waals surface area contributed by atoms with E-state index in [2.05, 4.69) is 5.32 Å². The molecule has 1 saturated heterocycles. The number of nitrogens with one attached hydrogen (secondary N) is 1. The van der Waals surface area contributed by atoms with Crippen molar-refractivity contribution >= 4 is 11.8 Å². The van der Waals surface area contributed by atoms with Gasteiger partial charge in [-0.1, -0.05) is 30.3 Å². The first kappa shape index (κ1) is 17.9. The Morgan fingerprint density at radius 3 is 2.50 bits per heavy atom. The van der Waals surface area contributed by atoms with Gasteiger partial charge in [-0.2, -0.15) is 0 Å². The number of ether oxygens (including phenoxy) is 1. The number of para-hydroxylation sites is 1. The van der Waals surface area contributed by atoms with Gasteiger partial charge in [0.15, 0.2) is 0 Å². The summed E-state index contributed by atoms with van der Waals surface area (Å²) in [6.45, 7) is 0.628. The van der Waals surface area contributed by atoms with Crippen LogP contribution < -0.4 is 10.1 Å². The number of amides is 2. The number of likely N-dealkylation sites (tertiary alicyclic amines) is 1. The lowest BCUT2D eigenvalue weighted by atomic mass is 10.0. The Morgan fingerprint density at radius 2 is 1.81 bits per heavy atom. The number of nitrogens with zero attached hydrogens (tertiary/aromatic N) is 1. The van der Waals surface area contributed by atoms with E-state index < -0.39 is 0 Å². The Bertz CT molecular complexity index is 778. The van der Waals surface area contributed by atoms with Gasteiger partial charge in [0, 0.05) is 31.2 Å². The first-order valence-corrected chi connectivity index (χ1v) is 8.53. The maximum absolute atomic E-state index is 12.8. The molecule has 3 rings (SSSR count). The van der Waals surface area contributed by atoms with Crippen molar-refractivity contribution in [2.24, 2.45) is 5.92 Å². The SMILES string of the molecule is COc1ccccc1C(=O)N1CC(CO)C(NC(=O)c2ccccc2)C1. The number of rotatable bonds is 5. The molecule has 0 spiro atoms. The number of benzene rings is 2. The van der Waals surface area contributed by atoms with E-state index in [9.17, 15) is 14.7 Å². The Kier molecular flexibility index (Phi) is 5.53. The second kappa shape index (κ2) is 8.01. The first-order chi connectivity index (χ1) is 12.6. The molecule has 0 radical (unpaired) electrons. The van der Waals surface area contributed by atoms with Gasteiger partial charge in [0.2, 0.25) is 0 Å². The monoisotopic (exact) mass is 354 g/mol. The summed E-state index contributed by atoms with van der Waals surface area (Å²) < 4.78 is 5.26. The smallest absolute Gasteiger partial charge is 0.257 e. The maximum Gasteiger partial charge on any atom is 0.257 e. The highest BCUT2D eigenvalue weighted by molar-refractivity contribution is 5.97. The molecule has 1 aliphatic heterocycles. The van der Waals surface area contributed by atoms with Crippen molar-refractivity contribution in [3.63, 3.8) is 0 Å². The van der Waals surface area contributed by atoms with E-state index in [1.165, 1.54) is 7.11 Å². The number of carbonyl (C=O) groups is 2. The van der Waals surface area contributed by atoms with E-state index in [1.807, 2.05) is 6.07 Å². The summed E-state index contributed by atoms with van der Waals surface area (Å²) in [5.41, 5.74) is 1.03. The zero-order chi connectivity index (χ0) is 18.5. The molecular formula is C20H22N2O4. The summed E-state index contributed by atoms with van der Waals surface area (Å²) >= 11 is 0. The van der Waals surface area contributed by atoms with Gasteiger partial charge in [-0.3, -0.25) is 9.59 Å². The minimum absolute atomic E-state index is 0.102. The molecule has 136 valence electrons. The molecule has 0 aliphatic carbocycles. The van der Waals surface area contributed by atoms with E-state index in [4.69, 9.17) is 4.74 Å². The van der Waals surface area contributed by atoms with E-state index in [0.717, 1.165) is 0 Å². The highest BCUT2D eigenvalue weighted by atomic mass is 16.5. The second-order valence-corrected chi connectivity index (χ2v) is 6.30. The molecule has 6 nitrogen and oxygen atoms in total. The third kappa shape index (κ3) is 3.70. The molecule has 0 bridgehead atoms. The van der Waals surface area contributed by atoms with Crippen molar-refractivity contribution in [2.75, 3.05) is 26.8 Å². The number of methoxy groups -OCH3 is 1. The zero-order valence-electron chi connectivity index (χ0n) is 14.6. The lowest BCUT2D eigenvalue weighted by Crippen LogP contribution is -2.42. The predicted octanol–water partition coefficient (Wildman–Crippen LogP) is 1.56. The fourth-order valence-corrected chi connectivity index (χ4v) is 3.22. The largest absolute Gasteiger partial charge is 0.496 e. The average molecular weight is 354 g/mol. The van der Waals surface area contributed by atoms with Gasteiger partial charge in [-0.15, -0.1) is 0 Å². The van der Waals surface area contributed by atoms with Crippen LogP contribution in [0.4, 0.5) is 0 Å². The summed E-state index contributed by atoms with van der Waals surface area (Å²) in [6, 6.07) is 15.6. The van der Waals surface area contributed by atoms with Crippen LogP contribution in [0, 0.1) is 5.92 Å². The normalized spacial score (nSPS) is 19.2. The molecule has 2 amide bonds. The Hall–Kier alpha value is -2.86. The van der Waals surface area contributed by atoms with E-state index in [0.29, 0.717) is 30.0 Å². The summed E-state index contributed by atoms with van der Waals surface area (Å²) in [4.78, 5) is 26.9. The highest BCUT2D eigenvalue weighted by Crippen LogP contribution is 2.24. The summed E-state index contributed by atoms with van der Waals surface area (Å²) in [5, 5.41) is 12.6. The summed E-state index contributed by atoms with van der Waals surface area (Å²) in [7, 11) is 1.52. The topological polar surface area (TPSA) is 78.9 Å². The van der Waals surface area contributed by atoms with Gasteiger partial charge in [-0.05, 0) is 24.3 Å². The fourth-order valence-electron chi connectivity index (χ4n) is 3.22. The number of carbonyl (C=O) groups excluding carboxylic acids is 2. The minimum atomic E-state index is -0.300. The van der Waals surface area contributed by atoms with Crippen molar-refractivity contribution in [1.29, 1.82) is 0 Å². The van der Waals surface area contributed by atoms with Gasteiger partial charge < -0.3 is 20.1 Å². The van der Waals surface area contributed by atoms with Crippen molar-refractivity contribution in [3.8, 4) is 5.75 Å². The number of aliphatic hydroxyl groups is 1. The molecule has 0 aromatic heterocycles. The second-order valence-electron chi connectivity index (χ2n) is 6.30. The quantitative estimate of drug-likeness (QED) is 0.854. The number of hydrogen-bond donors (Lipinski definition) is 2. The maximum atomic E-state index is 12.8. The standard InChI is InChI=1S/C20H22N2O4/c1-26-18-10-6-5-9-16(18)20(25)22-11-15(13-23)17(12-22)21-19(24)14-7-3-2-4-8-14/h2-10,15,17,23H,11-13H2,1H3,(H,21,24). The van der Waals surface area contributed by atoms with Crippen LogP contribution >= 0.6 is 0 Å². The van der Waals surface area contributed by atoms with Crippen LogP contribution in [0.3, 0.4) is 0 Å². The molecule has 2 atom stereocenters. The Labute approximate surface area is 152 Å². The fraction of sp³-hybridized carbons (Fsp3) is 0.300. The lowest BCUT2D eigenvalue weighted by Gasteiger charge is -2.18. The third-order valence-corrected chi connectivity index (χ3v) is 4.65. The van der Waals surface area contributed by atoms with Crippen molar-refractivity contribution < 1.29 is 19.4 Å². The summed E-state index contributed by atoms with van der Waals surface area (Å²) in [5.74, 6) is -0.0749. The predicted molar refractivity (Wildman–Crippen MR) is 97.2 cm³/mol. The van der Waals surface area contributed by atoms with E-state index >= 15 is 0 Å². The van der Waals surface area contributed by atoms with Crippen LogP contribution in [-0.4, -0.2) is 54.7 Å². The molecule has 2 aromatic carbocycles. The molecule has 1 aliphatic rings. The lowest BCUT2D eigenvalue weighted by molar-refractivity contribution is 0.0774. The van der Waals surface area contributed by atoms with Crippen LogP contribution in [0.1, 0.15) is 20.7 Å². The molecule has 2 N–H and O–H groups in total. The van der Waals surface area contributed by atoms with E-state index in [1.54, 1.807) is 53.4 Å². The van der Waals surface area contributed by atoms with Gasteiger partial charge in [0.25, 0.3) is 11.8 Å². The van der Waals surface area contributed by atoms with Crippen LogP contribution in [0.2, 0.25) is 0 Å². The van der Waals surface area contributed by atoms with Crippen molar-refractivity contribution in [3.05, 3.63) is 65.7 Å². The molecule has 1 heterocycles. The van der Waals surface area contributed by atoms with Gasteiger partial charge in [0.1, 0.15) is 5.75 Å². The van der Waals surface area contributed by atoms with Crippen LogP contribution in [0.15, 0.2) is 54.6 Å². The third-order valence-electron chi connectivity index (χ3n) is 4.65. The van der Waals surface area contributed by atoms with Gasteiger partial charge in [-0.25, -0.2) is 0 Å². The van der Waals surface area contributed by atoms with Crippen molar-refractivity contribution in [1.82, 2.24) is 10.2 Å². The molecular weight excluding hydrogens is 332 g/mol. The van der Waals surface area contributed by atoms with E-state index in [-0.39, 0.29) is 30.4 Å². The molecule has 2 aromatic rings. The number of hydrogen-bond acceptors (Lipinski definition) is 4. The van der Waals surface area contributed by atoms with Gasteiger partial charge in [0.05, 0.1) is 18.7 Å². The molecule has 2 unspecified atom stereocenters. The van der Waals surface area contributed by atoms with Crippen LogP contribution in [-0.2, 0) is 0 Å². The van der Waals surface area contributed by atoms with Crippen LogP contribution in [0.25, 0.3) is 0 Å². The highest BCUT2D eigenvalue weighted by Gasteiger charge is 2.36. The average Bonchev–Trinajstić information content (AvgIpc) is 3.10. The zero-order valence-corrected chi connectivity index (χ0v) is 14.6. The van der Waals surface area contributed by atoms with Crippen molar-refractivity contribution in [2.45, 2.75) is 6.04 Å². The van der Waals surface area contributed by atoms with Crippen LogP contribution in [0.5, 0.6) is 5.75 Å². The van der Waals surface area contributed by atoms with Gasteiger partial charge >= 0.3 is 0 Å². The Balaban J connectivity index is 1.72. The summed E-state index contributed by atoms with van der Waals surface area (Å²) in [6.07, 6.45) is 0. The number of aliphatic hydroxyl groups excluding tert-OH is 1. The minimum Gasteiger partial charge on any atom is -0.496 e. The molecule has 6 heteroatoms. The first-order valence-electron chi connectivity index (χ1n) is 8.53. The molecule has 0 saturated carbocycles.